The van der Waals surface area contributed by atoms with Crippen molar-refractivity contribution < 1.29 is 14.2 Å². The summed E-state index contributed by atoms with van der Waals surface area (Å²) in [6.07, 6.45) is 1.21. The Kier molecular flexibility index (Phi) is 5.95. The van der Waals surface area contributed by atoms with Gasteiger partial charge in [0.1, 0.15) is 0 Å². The fourth-order valence-electron chi connectivity index (χ4n) is 3.84. The SMILES string of the molecule is CN=C(NCc1ccc2c(c1)OCO2)NCC1(N2CCOCC2)CCSC1. The molecule has 0 aromatic heterocycles. The fraction of sp³-hybridized carbons (Fsp3) is 0.632. The molecule has 7 nitrogen and oxygen atoms in total. The number of benzene rings is 1. The van der Waals surface area contributed by atoms with Crippen LogP contribution in [0.5, 0.6) is 11.5 Å². The molecule has 0 amide bonds. The first-order valence-corrected chi connectivity index (χ1v) is 10.7. The maximum absolute atomic E-state index is 5.55. The Morgan fingerprint density at radius 2 is 2.07 bits per heavy atom. The molecule has 3 heterocycles. The summed E-state index contributed by atoms with van der Waals surface area (Å²) in [5.74, 6) is 4.85. The molecule has 1 unspecified atom stereocenters. The van der Waals surface area contributed by atoms with Crippen molar-refractivity contribution in [3.05, 3.63) is 23.8 Å². The van der Waals surface area contributed by atoms with Crippen LogP contribution in [0.4, 0.5) is 0 Å². The second-order valence-electron chi connectivity index (χ2n) is 7.09. The van der Waals surface area contributed by atoms with Crippen molar-refractivity contribution in [3.63, 3.8) is 0 Å². The topological polar surface area (TPSA) is 67.4 Å². The van der Waals surface area contributed by atoms with E-state index in [9.17, 15) is 0 Å². The molecule has 8 heteroatoms. The zero-order chi connectivity index (χ0) is 18.5. The van der Waals surface area contributed by atoms with Crippen LogP contribution in [0.15, 0.2) is 23.2 Å². The van der Waals surface area contributed by atoms with Crippen molar-refractivity contribution in [3.8, 4) is 11.5 Å². The summed E-state index contributed by atoms with van der Waals surface area (Å²) >= 11 is 2.05. The minimum atomic E-state index is 0.199. The largest absolute Gasteiger partial charge is 0.454 e. The molecular weight excluding hydrogens is 364 g/mol. The minimum Gasteiger partial charge on any atom is -0.454 e. The van der Waals surface area contributed by atoms with Gasteiger partial charge in [0.2, 0.25) is 6.79 Å². The molecule has 148 valence electrons. The van der Waals surface area contributed by atoms with Gasteiger partial charge in [-0.15, -0.1) is 0 Å². The maximum Gasteiger partial charge on any atom is 0.231 e. The fourth-order valence-corrected chi connectivity index (χ4v) is 5.32. The lowest BCUT2D eigenvalue weighted by Gasteiger charge is -2.43. The number of guanidine groups is 1. The van der Waals surface area contributed by atoms with Gasteiger partial charge in [-0.25, -0.2) is 0 Å². The van der Waals surface area contributed by atoms with Crippen LogP contribution in [-0.4, -0.2) is 74.6 Å². The van der Waals surface area contributed by atoms with Gasteiger partial charge in [0, 0.05) is 44.5 Å². The number of hydrogen-bond acceptors (Lipinski definition) is 6. The van der Waals surface area contributed by atoms with E-state index in [1.165, 1.54) is 17.9 Å². The zero-order valence-electron chi connectivity index (χ0n) is 15.8. The standard InChI is InChI=1S/C19H28N4O3S/c1-20-18(21-11-15-2-3-16-17(10-15)26-14-25-16)22-12-19(4-9-27-13-19)23-5-7-24-8-6-23/h2-3,10H,4-9,11-14H2,1H3,(H2,20,21,22). The highest BCUT2D eigenvalue weighted by molar-refractivity contribution is 7.99. The van der Waals surface area contributed by atoms with Gasteiger partial charge >= 0.3 is 0 Å². The van der Waals surface area contributed by atoms with E-state index in [-0.39, 0.29) is 5.54 Å². The third-order valence-electron chi connectivity index (χ3n) is 5.47. The van der Waals surface area contributed by atoms with Crippen molar-refractivity contribution in [2.75, 3.05) is 58.2 Å². The van der Waals surface area contributed by atoms with E-state index in [1.54, 1.807) is 0 Å². The smallest absolute Gasteiger partial charge is 0.231 e. The average Bonchev–Trinajstić information content (AvgIpc) is 3.38. The number of aliphatic imine (C=N–C) groups is 1. The molecule has 1 aromatic carbocycles. The number of hydrogen-bond donors (Lipinski definition) is 2. The Balaban J connectivity index is 1.33. The first-order chi connectivity index (χ1) is 13.3. The second-order valence-corrected chi connectivity index (χ2v) is 8.20. The van der Waals surface area contributed by atoms with Crippen molar-refractivity contribution in [1.29, 1.82) is 0 Å². The summed E-state index contributed by atoms with van der Waals surface area (Å²) in [7, 11) is 1.82. The van der Waals surface area contributed by atoms with E-state index >= 15 is 0 Å². The Hall–Kier alpha value is -1.64. The van der Waals surface area contributed by atoms with Gasteiger partial charge in [0.05, 0.1) is 13.2 Å². The Morgan fingerprint density at radius 1 is 1.22 bits per heavy atom. The van der Waals surface area contributed by atoms with Crippen LogP contribution in [0.1, 0.15) is 12.0 Å². The molecule has 3 aliphatic heterocycles. The number of nitrogens with zero attached hydrogens (tertiary/aromatic N) is 2. The van der Waals surface area contributed by atoms with Gasteiger partial charge in [-0.05, 0) is 29.9 Å². The van der Waals surface area contributed by atoms with E-state index < -0.39 is 0 Å². The first-order valence-electron chi connectivity index (χ1n) is 9.53. The van der Waals surface area contributed by atoms with Gasteiger partial charge < -0.3 is 24.8 Å². The molecule has 1 aromatic rings. The summed E-state index contributed by atoms with van der Waals surface area (Å²) in [4.78, 5) is 7.01. The van der Waals surface area contributed by atoms with Gasteiger partial charge in [-0.1, -0.05) is 6.07 Å². The van der Waals surface area contributed by atoms with E-state index in [1.807, 2.05) is 30.9 Å². The molecule has 2 N–H and O–H groups in total. The molecule has 0 aliphatic carbocycles. The summed E-state index contributed by atoms with van der Waals surface area (Å²) in [5.41, 5.74) is 1.34. The average molecular weight is 393 g/mol. The van der Waals surface area contributed by atoms with E-state index in [0.717, 1.165) is 55.9 Å². The molecule has 4 rings (SSSR count). The highest BCUT2D eigenvalue weighted by atomic mass is 32.2. The van der Waals surface area contributed by atoms with Gasteiger partial charge in [0.15, 0.2) is 17.5 Å². The third-order valence-corrected chi connectivity index (χ3v) is 6.70. The Labute approximate surface area is 164 Å². The van der Waals surface area contributed by atoms with Crippen molar-refractivity contribution >= 4 is 17.7 Å². The van der Waals surface area contributed by atoms with Crippen molar-refractivity contribution in [1.82, 2.24) is 15.5 Å². The molecule has 27 heavy (non-hydrogen) atoms. The minimum absolute atomic E-state index is 0.199. The van der Waals surface area contributed by atoms with Crippen LogP contribution >= 0.6 is 11.8 Å². The van der Waals surface area contributed by atoms with Gasteiger partial charge in [0.25, 0.3) is 0 Å². The van der Waals surface area contributed by atoms with E-state index in [4.69, 9.17) is 14.2 Å². The van der Waals surface area contributed by atoms with E-state index in [0.29, 0.717) is 13.3 Å². The Morgan fingerprint density at radius 3 is 2.85 bits per heavy atom. The molecule has 1 atom stereocenters. The number of morpholine rings is 1. The number of thioether (sulfide) groups is 1. The highest BCUT2D eigenvalue weighted by Crippen LogP contribution is 2.34. The molecule has 0 spiro atoms. The lowest BCUT2D eigenvalue weighted by atomic mass is 9.95. The molecule has 2 fully saturated rings. The van der Waals surface area contributed by atoms with Gasteiger partial charge in [-0.2, -0.15) is 11.8 Å². The van der Waals surface area contributed by atoms with Gasteiger partial charge in [-0.3, -0.25) is 9.89 Å². The highest BCUT2D eigenvalue weighted by Gasteiger charge is 2.40. The van der Waals surface area contributed by atoms with Crippen molar-refractivity contribution in [2.45, 2.75) is 18.5 Å². The van der Waals surface area contributed by atoms with E-state index in [2.05, 4.69) is 26.6 Å². The molecule has 0 bridgehead atoms. The van der Waals surface area contributed by atoms with Crippen LogP contribution in [0.25, 0.3) is 0 Å². The van der Waals surface area contributed by atoms with Crippen LogP contribution in [0.2, 0.25) is 0 Å². The van der Waals surface area contributed by atoms with Crippen LogP contribution < -0.4 is 20.1 Å². The van der Waals surface area contributed by atoms with Crippen LogP contribution in [0, 0.1) is 0 Å². The molecular formula is C19H28N4O3S. The molecule has 2 saturated heterocycles. The predicted octanol–water partition coefficient (Wildman–Crippen LogP) is 1.29. The second kappa shape index (κ2) is 8.58. The third kappa shape index (κ3) is 4.28. The quantitative estimate of drug-likeness (QED) is 0.578. The number of fused-ring (bicyclic) bond motifs is 1. The van der Waals surface area contributed by atoms with Crippen molar-refractivity contribution in [2.24, 2.45) is 4.99 Å². The first kappa shape index (κ1) is 18.7. The Bertz CT molecular complexity index is 673. The number of rotatable bonds is 5. The molecule has 0 radical (unpaired) electrons. The monoisotopic (exact) mass is 392 g/mol. The molecule has 3 aliphatic rings. The number of nitrogens with one attached hydrogen (secondary N) is 2. The summed E-state index contributed by atoms with van der Waals surface area (Å²) in [6.45, 7) is 5.61. The molecule has 0 saturated carbocycles. The summed E-state index contributed by atoms with van der Waals surface area (Å²) in [5, 5.41) is 6.97. The maximum atomic E-state index is 5.55. The van der Waals surface area contributed by atoms with Crippen LogP contribution in [-0.2, 0) is 11.3 Å². The zero-order valence-corrected chi connectivity index (χ0v) is 16.6. The lowest BCUT2D eigenvalue weighted by Crippen LogP contribution is -2.60. The van der Waals surface area contributed by atoms with Crippen LogP contribution in [0.3, 0.4) is 0 Å². The normalized spacial score (nSPS) is 25.6. The summed E-state index contributed by atoms with van der Waals surface area (Å²) in [6, 6.07) is 6.03. The predicted molar refractivity (Wildman–Crippen MR) is 108 cm³/mol. The lowest BCUT2D eigenvalue weighted by molar-refractivity contribution is -0.0120. The summed E-state index contributed by atoms with van der Waals surface area (Å²) < 4.78 is 16.4. The number of ether oxygens (including phenoxy) is 3.